The Labute approximate surface area is 97.6 Å². The van der Waals surface area contributed by atoms with E-state index in [4.69, 9.17) is 0 Å². The molecule has 0 spiro atoms. The van der Waals surface area contributed by atoms with E-state index < -0.39 is 0 Å². The van der Waals surface area contributed by atoms with Gasteiger partial charge in [0.25, 0.3) is 5.91 Å². The van der Waals surface area contributed by atoms with Crippen molar-refractivity contribution >= 4 is 21.8 Å². The SMILES string of the molecule is CNCCN1Cc2cc(Br)ccc2C1=O. The van der Waals surface area contributed by atoms with E-state index in [1.165, 1.54) is 0 Å². The lowest BCUT2D eigenvalue weighted by Crippen LogP contribution is -2.30. The van der Waals surface area contributed by atoms with Crippen LogP contribution in [-0.4, -0.2) is 30.9 Å². The van der Waals surface area contributed by atoms with Crippen molar-refractivity contribution in [1.29, 1.82) is 0 Å². The van der Waals surface area contributed by atoms with Crippen LogP contribution in [0.25, 0.3) is 0 Å². The van der Waals surface area contributed by atoms with Gasteiger partial charge >= 0.3 is 0 Å². The lowest BCUT2D eigenvalue weighted by molar-refractivity contribution is 0.0780. The van der Waals surface area contributed by atoms with Gasteiger partial charge in [0, 0.05) is 29.7 Å². The molecule has 1 aliphatic rings. The number of fused-ring (bicyclic) bond motifs is 1. The van der Waals surface area contributed by atoms with Gasteiger partial charge in [-0.3, -0.25) is 4.79 Å². The summed E-state index contributed by atoms with van der Waals surface area (Å²) in [7, 11) is 1.89. The number of halogens is 1. The Morgan fingerprint density at radius 3 is 3.07 bits per heavy atom. The number of carbonyl (C=O) groups excluding carboxylic acids is 1. The third-order valence-corrected chi connectivity index (χ3v) is 3.07. The maximum atomic E-state index is 11.9. The molecular weight excluding hydrogens is 256 g/mol. The van der Waals surface area contributed by atoms with Crippen LogP contribution in [0.2, 0.25) is 0 Å². The molecule has 15 heavy (non-hydrogen) atoms. The van der Waals surface area contributed by atoms with Gasteiger partial charge in [0.15, 0.2) is 0 Å². The Hall–Kier alpha value is -0.870. The van der Waals surface area contributed by atoms with Crippen molar-refractivity contribution in [3.05, 3.63) is 33.8 Å². The molecule has 0 saturated heterocycles. The van der Waals surface area contributed by atoms with Gasteiger partial charge in [0.2, 0.25) is 0 Å². The molecule has 0 aliphatic carbocycles. The Balaban J connectivity index is 2.18. The van der Waals surface area contributed by atoms with Crippen LogP contribution in [0.3, 0.4) is 0 Å². The largest absolute Gasteiger partial charge is 0.333 e. The maximum absolute atomic E-state index is 11.9. The number of hydrogen-bond donors (Lipinski definition) is 1. The third kappa shape index (κ3) is 2.06. The van der Waals surface area contributed by atoms with Gasteiger partial charge in [-0.15, -0.1) is 0 Å². The van der Waals surface area contributed by atoms with Gasteiger partial charge in [-0.2, -0.15) is 0 Å². The molecule has 0 atom stereocenters. The van der Waals surface area contributed by atoms with Gasteiger partial charge in [-0.25, -0.2) is 0 Å². The molecule has 1 N–H and O–H groups in total. The average molecular weight is 269 g/mol. The standard InChI is InChI=1S/C11H13BrN2O/c1-13-4-5-14-7-8-6-9(12)2-3-10(8)11(14)15/h2-3,6,13H,4-5,7H2,1H3. The monoisotopic (exact) mass is 268 g/mol. The number of benzene rings is 1. The number of rotatable bonds is 3. The van der Waals surface area contributed by atoms with Crippen LogP contribution >= 0.6 is 15.9 Å². The molecule has 1 aromatic carbocycles. The van der Waals surface area contributed by atoms with Crippen molar-refractivity contribution < 1.29 is 4.79 Å². The predicted molar refractivity (Wildman–Crippen MR) is 62.8 cm³/mol. The number of nitrogens with one attached hydrogen (secondary N) is 1. The first kappa shape index (κ1) is 10.6. The molecule has 1 aromatic rings. The second kappa shape index (κ2) is 4.33. The summed E-state index contributed by atoms with van der Waals surface area (Å²) < 4.78 is 1.03. The normalized spacial score (nSPS) is 14.5. The van der Waals surface area contributed by atoms with Crippen molar-refractivity contribution in [2.24, 2.45) is 0 Å². The molecule has 1 amide bonds. The zero-order chi connectivity index (χ0) is 10.8. The van der Waals surface area contributed by atoms with Gasteiger partial charge in [0.05, 0.1) is 0 Å². The van der Waals surface area contributed by atoms with Gasteiger partial charge in [-0.1, -0.05) is 15.9 Å². The molecular formula is C11H13BrN2O. The first-order chi connectivity index (χ1) is 7.22. The van der Waals surface area contributed by atoms with E-state index in [0.717, 1.165) is 35.2 Å². The molecule has 3 nitrogen and oxygen atoms in total. The molecule has 0 fully saturated rings. The second-order valence-electron chi connectivity index (χ2n) is 3.63. The summed E-state index contributed by atoms with van der Waals surface area (Å²) in [6.45, 7) is 2.33. The zero-order valence-corrected chi connectivity index (χ0v) is 10.2. The molecule has 80 valence electrons. The Bertz CT molecular complexity index is 392. The number of amides is 1. The van der Waals surface area contributed by atoms with Gasteiger partial charge in [-0.05, 0) is 30.8 Å². The summed E-state index contributed by atoms with van der Waals surface area (Å²) in [6.07, 6.45) is 0. The van der Waals surface area contributed by atoms with Gasteiger partial charge in [0.1, 0.15) is 0 Å². The summed E-state index contributed by atoms with van der Waals surface area (Å²) in [6, 6.07) is 5.83. The maximum Gasteiger partial charge on any atom is 0.254 e. The Morgan fingerprint density at radius 1 is 1.53 bits per heavy atom. The molecule has 0 saturated carbocycles. The molecule has 1 heterocycles. The van der Waals surface area contributed by atoms with Crippen molar-refractivity contribution in [2.75, 3.05) is 20.1 Å². The Kier molecular flexibility index (Phi) is 3.07. The summed E-state index contributed by atoms with van der Waals surface area (Å²) in [5.41, 5.74) is 1.96. The molecule has 0 radical (unpaired) electrons. The summed E-state index contributed by atoms with van der Waals surface area (Å²) >= 11 is 3.42. The minimum atomic E-state index is 0.146. The minimum Gasteiger partial charge on any atom is -0.333 e. The van der Waals surface area contributed by atoms with Crippen LogP contribution in [0, 0.1) is 0 Å². The molecule has 0 bridgehead atoms. The fourth-order valence-electron chi connectivity index (χ4n) is 1.78. The van der Waals surface area contributed by atoms with Crippen LogP contribution in [0.4, 0.5) is 0 Å². The van der Waals surface area contributed by atoms with Crippen molar-refractivity contribution in [1.82, 2.24) is 10.2 Å². The number of likely N-dealkylation sites (N-methyl/N-ethyl adjacent to an activating group) is 1. The van der Waals surface area contributed by atoms with E-state index in [-0.39, 0.29) is 5.91 Å². The second-order valence-corrected chi connectivity index (χ2v) is 4.55. The van der Waals surface area contributed by atoms with E-state index >= 15 is 0 Å². The molecule has 0 aromatic heterocycles. The third-order valence-electron chi connectivity index (χ3n) is 2.58. The lowest BCUT2D eigenvalue weighted by atomic mass is 10.1. The van der Waals surface area contributed by atoms with Crippen molar-refractivity contribution in [3.8, 4) is 0 Å². The van der Waals surface area contributed by atoms with E-state index in [1.807, 2.05) is 30.1 Å². The Morgan fingerprint density at radius 2 is 2.33 bits per heavy atom. The topological polar surface area (TPSA) is 32.3 Å². The fourth-order valence-corrected chi connectivity index (χ4v) is 2.19. The molecule has 0 unspecified atom stereocenters. The van der Waals surface area contributed by atoms with Crippen LogP contribution in [0.1, 0.15) is 15.9 Å². The van der Waals surface area contributed by atoms with E-state index in [9.17, 15) is 4.79 Å². The van der Waals surface area contributed by atoms with Crippen LogP contribution in [0.5, 0.6) is 0 Å². The number of hydrogen-bond acceptors (Lipinski definition) is 2. The molecule has 4 heteroatoms. The summed E-state index contributed by atoms with van der Waals surface area (Å²) in [5, 5.41) is 3.05. The van der Waals surface area contributed by atoms with Crippen molar-refractivity contribution in [3.63, 3.8) is 0 Å². The molecule has 1 aliphatic heterocycles. The van der Waals surface area contributed by atoms with Crippen LogP contribution in [0.15, 0.2) is 22.7 Å². The van der Waals surface area contributed by atoms with Crippen LogP contribution in [-0.2, 0) is 6.54 Å². The smallest absolute Gasteiger partial charge is 0.254 e. The number of nitrogens with zero attached hydrogens (tertiary/aromatic N) is 1. The van der Waals surface area contributed by atoms with Crippen LogP contribution < -0.4 is 5.32 Å². The highest BCUT2D eigenvalue weighted by Gasteiger charge is 2.26. The minimum absolute atomic E-state index is 0.146. The first-order valence-electron chi connectivity index (χ1n) is 4.94. The highest BCUT2D eigenvalue weighted by Crippen LogP contribution is 2.25. The first-order valence-corrected chi connectivity index (χ1v) is 5.74. The van der Waals surface area contributed by atoms with Crippen molar-refractivity contribution in [2.45, 2.75) is 6.54 Å². The number of carbonyl (C=O) groups is 1. The zero-order valence-electron chi connectivity index (χ0n) is 8.59. The van der Waals surface area contributed by atoms with E-state index in [0.29, 0.717) is 0 Å². The van der Waals surface area contributed by atoms with E-state index in [1.54, 1.807) is 0 Å². The fraction of sp³-hybridized carbons (Fsp3) is 0.364. The molecule has 2 rings (SSSR count). The van der Waals surface area contributed by atoms with E-state index in [2.05, 4.69) is 21.2 Å². The summed E-state index contributed by atoms with van der Waals surface area (Å²) in [5.74, 6) is 0.146. The van der Waals surface area contributed by atoms with Gasteiger partial charge < -0.3 is 10.2 Å². The predicted octanol–water partition coefficient (Wildman–Crippen LogP) is 1.62. The highest BCUT2D eigenvalue weighted by molar-refractivity contribution is 9.10. The summed E-state index contributed by atoms with van der Waals surface area (Å²) in [4.78, 5) is 13.8. The lowest BCUT2D eigenvalue weighted by Gasteiger charge is -2.14. The quantitative estimate of drug-likeness (QED) is 0.904. The highest BCUT2D eigenvalue weighted by atomic mass is 79.9. The average Bonchev–Trinajstić information content (AvgIpc) is 2.52.